The Balaban J connectivity index is 1.58. The molecule has 0 bridgehead atoms. The van der Waals surface area contributed by atoms with E-state index < -0.39 is 17.6 Å². The number of benzene rings is 1. The van der Waals surface area contributed by atoms with Crippen LogP contribution in [0.3, 0.4) is 0 Å². The summed E-state index contributed by atoms with van der Waals surface area (Å²) in [6, 6.07) is 10.6. The standard InChI is InChI=1S/C19H16ClF3N4OS/c1-11-15(7-12-5-3-2-4-6-12)26-18(25-11)29-10-16(28)27-17-14(20)8-13(9-24-17)19(21,22)23/h2-6,8-9H,7,10H2,1H3,(H,25,26)(H,24,27,28). The molecule has 0 radical (unpaired) electrons. The van der Waals surface area contributed by atoms with Gasteiger partial charge < -0.3 is 10.3 Å². The van der Waals surface area contributed by atoms with E-state index in [-0.39, 0.29) is 16.6 Å². The predicted octanol–water partition coefficient (Wildman–Crippen LogP) is 5.11. The van der Waals surface area contributed by atoms with Gasteiger partial charge in [0.1, 0.15) is 0 Å². The number of alkyl halides is 3. The molecular weight excluding hydrogens is 425 g/mol. The van der Waals surface area contributed by atoms with E-state index in [1.165, 1.54) is 11.8 Å². The molecule has 1 amide bonds. The molecule has 0 atom stereocenters. The summed E-state index contributed by atoms with van der Waals surface area (Å²) in [7, 11) is 0. The second-order valence-electron chi connectivity index (χ2n) is 6.17. The number of carbonyl (C=O) groups excluding carboxylic acids is 1. The molecule has 0 unspecified atom stereocenters. The molecule has 152 valence electrons. The summed E-state index contributed by atoms with van der Waals surface area (Å²) in [5, 5.41) is 2.71. The van der Waals surface area contributed by atoms with Crippen molar-refractivity contribution in [2.75, 3.05) is 11.1 Å². The van der Waals surface area contributed by atoms with Crippen LogP contribution in [0.1, 0.15) is 22.5 Å². The Morgan fingerprint density at radius 3 is 2.66 bits per heavy atom. The fraction of sp³-hybridized carbons (Fsp3) is 0.211. The van der Waals surface area contributed by atoms with E-state index in [0.717, 1.165) is 23.0 Å². The number of aromatic nitrogens is 3. The molecule has 3 rings (SSSR count). The molecule has 1 aromatic carbocycles. The van der Waals surface area contributed by atoms with Crippen molar-refractivity contribution in [3.63, 3.8) is 0 Å². The van der Waals surface area contributed by atoms with Gasteiger partial charge in [0.25, 0.3) is 0 Å². The zero-order valence-corrected chi connectivity index (χ0v) is 16.8. The van der Waals surface area contributed by atoms with Gasteiger partial charge >= 0.3 is 6.18 Å². The minimum Gasteiger partial charge on any atom is -0.337 e. The predicted molar refractivity (Wildman–Crippen MR) is 106 cm³/mol. The van der Waals surface area contributed by atoms with Crippen molar-refractivity contribution in [3.8, 4) is 0 Å². The van der Waals surface area contributed by atoms with Gasteiger partial charge in [-0.1, -0.05) is 53.7 Å². The molecule has 0 saturated carbocycles. The topological polar surface area (TPSA) is 70.7 Å². The Morgan fingerprint density at radius 1 is 1.28 bits per heavy atom. The SMILES string of the molecule is Cc1[nH]c(SCC(=O)Nc2ncc(C(F)(F)F)cc2Cl)nc1Cc1ccccc1. The summed E-state index contributed by atoms with van der Waals surface area (Å²) < 4.78 is 37.9. The Hall–Kier alpha value is -2.52. The number of thioether (sulfide) groups is 1. The largest absolute Gasteiger partial charge is 0.417 e. The van der Waals surface area contributed by atoms with Crippen molar-refractivity contribution in [1.29, 1.82) is 0 Å². The van der Waals surface area contributed by atoms with Gasteiger partial charge in [0.05, 0.1) is 22.0 Å². The molecule has 0 aliphatic rings. The smallest absolute Gasteiger partial charge is 0.337 e. The number of rotatable bonds is 6. The number of amides is 1. The Bertz CT molecular complexity index is 1010. The number of carbonyl (C=O) groups is 1. The third-order valence-corrected chi connectivity index (χ3v) is 5.11. The summed E-state index contributed by atoms with van der Waals surface area (Å²) in [5.74, 6) is -0.579. The van der Waals surface area contributed by atoms with E-state index in [0.29, 0.717) is 17.8 Å². The highest BCUT2D eigenvalue weighted by atomic mass is 35.5. The van der Waals surface area contributed by atoms with Gasteiger partial charge in [-0.25, -0.2) is 9.97 Å². The first-order valence-corrected chi connectivity index (χ1v) is 9.83. The number of imidazole rings is 1. The van der Waals surface area contributed by atoms with Crippen LogP contribution in [0.15, 0.2) is 47.8 Å². The van der Waals surface area contributed by atoms with Gasteiger partial charge in [-0.05, 0) is 18.6 Å². The van der Waals surface area contributed by atoms with Crippen molar-refractivity contribution >= 4 is 35.1 Å². The molecule has 10 heteroatoms. The number of nitrogens with one attached hydrogen (secondary N) is 2. The van der Waals surface area contributed by atoms with Crippen molar-refractivity contribution in [3.05, 3.63) is 70.1 Å². The molecule has 0 aliphatic heterocycles. The van der Waals surface area contributed by atoms with Crippen LogP contribution in [0.5, 0.6) is 0 Å². The van der Waals surface area contributed by atoms with Gasteiger partial charge in [0.2, 0.25) is 5.91 Å². The van der Waals surface area contributed by atoms with Gasteiger partial charge in [-0.3, -0.25) is 4.79 Å². The highest BCUT2D eigenvalue weighted by Crippen LogP contribution is 2.32. The molecule has 0 aliphatic carbocycles. The van der Waals surface area contributed by atoms with Crippen LogP contribution >= 0.6 is 23.4 Å². The number of hydrogen-bond donors (Lipinski definition) is 2. The quantitative estimate of drug-likeness (QED) is 0.523. The monoisotopic (exact) mass is 440 g/mol. The van der Waals surface area contributed by atoms with Gasteiger partial charge in [0, 0.05) is 18.3 Å². The number of hydrogen-bond acceptors (Lipinski definition) is 4. The average molecular weight is 441 g/mol. The molecule has 2 heterocycles. The summed E-state index contributed by atoms with van der Waals surface area (Å²) >= 11 is 6.97. The molecule has 2 aromatic heterocycles. The number of anilines is 1. The van der Waals surface area contributed by atoms with Crippen LogP contribution in [0.25, 0.3) is 0 Å². The van der Waals surface area contributed by atoms with Crippen molar-refractivity contribution in [2.45, 2.75) is 24.7 Å². The number of nitrogens with zero attached hydrogens (tertiary/aromatic N) is 2. The number of aryl methyl sites for hydroxylation is 1. The first-order valence-electron chi connectivity index (χ1n) is 8.47. The van der Waals surface area contributed by atoms with Crippen LogP contribution in [-0.4, -0.2) is 26.6 Å². The second kappa shape index (κ2) is 8.87. The summed E-state index contributed by atoms with van der Waals surface area (Å²) in [6.07, 6.45) is -3.26. The minimum atomic E-state index is -4.55. The Kier molecular flexibility index (Phi) is 6.49. The first-order chi connectivity index (χ1) is 13.7. The molecule has 2 N–H and O–H groups in total. The Morgan fingerprint density at radius 2 is 2.00 bits per heavy atom. The zero-order valence-electron chi connectivity index (χ0n) is 15.2. The normalized spacial score (nSPS) is 11.5. The molecule has 29 heavy (non-hydrogen) atoms. The second-order valence-corrected chi connectivity index (χ2v) is 7.54. The third kappa shape index (κ3) is 5.74. The van der Waals surface area contributed by atoms with Crippen molar-refractivity contribution in [2.24, 2.45) is 0 Å². The maximum Gasteiger partial charge on any atom is 0.417 e. The lowest BCUT2D eigenvalue weighted by atomic mass is 10.1. The number of aromatic amines is 1. The van der Waals surface area contributed by atoms with E-state index in [2.05, 4.69) is 20.3 Å². The molecule has 5 nitrogen and oxygen atoms in total. The van der Waals surface area contributed by atoms with E-state index in [9.17, 15) is 18.0 Å². The molecule has 0 saturated heterocycles. The highest BCUT2D eigenvalue weighted by molar-refractivity contribution is 7.99. The van der Waals surface area contributed by atoms with E-state index >= 15 is 0 Å². The van der Waals surface area contributed by atoms with Gasteiger partial charge in [-0.15, -0.1) is 0 Å². The van der Waals surface area contributed by atoms with Crippen LogP contribution < -0.4 is 5.32 Å². The zero-order chi connectivity index (χ0) is 21.0. The molecular formula is C19H16ClF3N4OS. The first kappa shape index (κ1) is 21.2. The third-order valence-electron chi connectivity index (χ3n) is 3.94. The van der Waals surface area contributed by atoms with E-state index in [1.54, 1.807) is 0 Å². The van der Waals surface area contributed by atoms with Crippen LogP contribution in [-0.2, 0) is 17.4 Å². The lowest BCUT2D eigenvalue weighted by molar-refractivity contribution is -0.137. The van der Waals surface area contributed by atoms with Crippen molar-refractivity contribution < 1.29 is 18.0 Å². The lowest BCUT2D eigenvalue weighted by Crippen LogP contribution is -2.16. The maximum absolute atomic E-state index is 12.6. The minimum absolute atomic E-state index is 0.00321. The number of H-pyrrole nitrogens is 1. The molecule has 0 fully saturated rings. The highest BCUT2D eigenvalue weighted by Gasteiger charge is 2.31. The van der Waals surface area contributed by atoms with E-state index in [1.807, 2.05) is 37.3 Å². The van der Waals surface area contributed by atoms with Crippen molar-refractivity contribution in [1.82, 2.24) is 15.0 Å². The lowest BCUT2D eigenvalue weighted by Gasteiger charge is -2.09. The fourth-order valence-electron chi connectivity index (χ4n) is 2.48. The summed E-state index contributed by atoms with van der Waals surface area (Å²) in [4.78, 5) is 23.3. The molecule has 0 spiro atoms. The Labute approximate surface area is 174 Å². The summed E-state index contributed by atoms with van der Waals surface area (Å²) in [5.41, 5.74) is 1.93. The number of pyridine rings is 1. The van der Waals surface area contributed by atoms with Crippen LogP contribution in [0.2, 0.25) is 5.02 Å². The fourth-order valence-corrected chi connectivity index (χ4v) is 3.44. The summed E-state index contributed by atoms with van der Waals surface area (Å²) in [6.45, 7) is 1.90. The molecule has 3 aromatic rings. The van der Waals surface area contributed by atoms with Crippen LogP contribution in [0, 0.1) is 6.92 Å². The maximum atomic E-state index is 12.6. The average Bonchev–Trinajstić information content (AvgIpc) is 3.01. The van der Waals surface area contributed by atoms with Crippen LogP contribution in [0.4, 0.5) is 19.0 Å². The van der Waals surface area contributed by atoms with Gasteiger partial charge in [0.15, 0.2) is 11.0 Å². The number of halogens is 4. The van der Waals surface area contributed by atoms with E-state index in [4.69, 9.17) is 11.6 Å². The van der Waals surface area contributed by atoms with Gasteiger partial charge in [-0.2, -0.15) is 13.2 Å².